The number of benzene rings is 1. The first-order valence-electron chi connectivity index (χ1n) is 10.3. The molecule has 0 bridgehead atoms. The number of guanidine groups is 1. The molecule has 0 aromatic heterocycles. The van der Waals surface area contributed by atoms with Gasteiger partial charge in [-0.1, -0.05) is 23.7 Å². The minimum atomic E-state index is 0.497. The maximum Gasteiger partial charge on any atom is 0.194 e. The molecule has 2 aliphatic heterocycles. The van der Waals surface area contributed by atoms with Gasteiger partial charge in [-0.3, -0.25) is 4.99 Å². The van der Waals surface area contributed by atoms with Crippen molar-refractivity contribution in [1.29, 1.82) is 0 Å². The number of rotatable bonds is 5. The van der Waals surface area contributed by atoms with Crippen molar-refractivity contribution in [2.45, 2.75) is 44.6 Å². The van der Waals surface area contributed by atoms with Crippen LogP contribution in [-0.2, 0) is 0 Å². The fourth-order valence-corrected chi connectivity index (χ4v) is 4.72. The molecule has 1 saturated carbocycles. The molecule has 1 N–H and O–H groups in total. The summed E-state index contributed by atoms with van der Waals surface area (Å²) in [6, 6.07) is 8.79. The molecule has 26 heavy (non-hydrogen) atoms. The third-order valence-corrected chi connectivity index (χ3v) is 6.23. The van der Waals surface area contributed by atoms with Crippen LogP contribution in [-0.4, -0.2) is 61.1 Å². The standard InChI is InChI=1S/C21H31ClN4/c1-2-23-21(24-20-13-19(20)17-6-5-7-18(22)12-17)26-11-8-16(15-26)14-25-9-3-4-10-25/h5-7,12,16,19-20H,2-4,8-11,13-15H2,1H3,(H,23,24). The molecular formula is C21H31ClN4. The van der Waals surface area contributed by atoms with Gasteiger partial charge in [-0.2, -0.15) is 0 Å². The molecule has 142 valence electrons. The van der Waals surface area contributed by atoms with Crippen LogP contribution >= 0.6 is 11.6 Å². The summed E-state index contributed by atoms with van der Waals surface area (Å²) < 4.78 is 0. The van der Waals surface area contributed by atoms with Crippen molar-refractivity contribution in [2.75, 3.05) is 39.3 Å². The summed E-state index contributed by atoms with van der Waals surface area (Å²) >= 11 is 6.15. The van der Waals surface area contributed by atoms with Crippen molar-refractivity contribution in [1.82, 2.24) is 15.1 Å². The zero-order valence-electron chi connectivity index (χ0n) is 15.8. The van der Waals surface area contributed by atoms with E-state index in [-0.39, 0.29) is 0 Å². The second-order valence-electron chi connectivity index (χ2n) is 8.05. The number of hydrogen-bond donors (Lipinski definition) is 1. The summed E-state index contributed by atoms with van der Waals surface area (Å²) in [4.78, 5) is 9.92. The van der Waals surface area contributed by atoms with E-state index in [0.717, 1.165) is 36.5 Å². The maximum absolute atomic E-state index is 6.15. The van der Waals surface area contributed by atoms with Gasteiger partial charge < -0.3 is 15.1 Å². The van der Waals surface area contributed by atoms with Crippen LogP contribution in [0, 0.1) is 5.92 Å². The maximum atomic E-state index is 6.15. The first-order valence-corrected chi connectivity index (χ1v) is 10.6. The Morgan fingerprint density at radius 1 is 1.27 bits per heavy atom. The van der Waals surface area contributed by atoms with Crippen molar-refractivity contribution < 1.29 is 0 Å². The molecule has 3 fully saturated rings. The van der Waals surface area contributed by atoms with Gasteiger partial charge in [-0.05, 0) is 69.3 Å². The molecule has 0 spiro atoms. The predicted molar refractivity (Wildman–Crippen MR) is 109 cm³/mol. The number of aliphatic imine (C=N–C) groups is 1. The van der Waals surface area contributed by atoms with Crippen molar-refractivity contribution in [2.24, 2.45) is 10.9 Å². The molecule has 4 rings (SSSR count). The summed E-state index contributed by atoms with van der Waals surface area (Å²) in [5.74, 6) is 2.48. The molecule has 1 aromatic carbocycles. The van der Waals surface area contributed by atoms with Crippen LogP contribution in [0.2, 0.25) is 5.02 Å². The Hall–Kier alpha value is -1.26. The van der Waals surface area contributed by atoms with Crippen molar-refractivity contribution >= 4 is 17.6 Å². The zero-order valence-corrected chi connectivity index (χ0v) is 16.6. The van der Waals surface area contributed by atoms with Gasteiger partial charge in [0, 0.05) is 43.2 Å². The van der Waals surface area contributed by atoms with Gasteiger partial charge in [0.05, 0.1) is 0 Å². The van der Waals surface area contributed by atoms with Crippen LogP contribution in [0.1, 0.15) is 44.1 Å². The predicted octanol–water partition coefficient (Wildman–Crippen LogP) is 3.58. The van der Waals surface area contributed by atoms with E-state index in [0.29, 0.717) is 12.0 Å². The van der Waals surface area contributed by atoms with E-state index >= 15 is 0 Å². The van der Waals surface area contributed by atoms with Crippen LogP contribution in [0.4, 0.5) is 0 Å². The highest BCUT2D eigenvalue weighted by Gasteiger charge is 2.40. The second-order valence-corrected chi connectivity index (χ2v) is 8.49. The molecule has 1 aromatic rings. The third kappa shape index (κ3) is 4.34. The van der Waals surface area contributed by atoms with Gasteiger partial charge in [0.15, 0.2) is 5.96 Å². The van der Waals surface area contributed by atoms with E-state index < -0.39 is 0 Å². The summed E-state index contributed by atoms with van der Waals surface area (Å²) in [7, 11) is 0. The van der Waals surface area contributed by atoms with Crippen LogP contribution in [0.15, 0.2) is 29.3 Å². The monoisotopic (exact) mass is 374 g/mol. The minimum absolute atomic E-state index is 0.497. The minimum Gasteiger partial charge on any atom is -0.353 e. The first kappa shape index (κ1) is 18.1. The topological polar surface area (TPSA) is 30.9 Å². The van der Waals surface area contributed by atoms with Gasteiger partial charge in [-0.15, -0.1) is 0 Å². The smallest absolute Gasteiger partial charge is 0.194 e. The van der Waals surface area contributed by atoms with Crippen LogP contribution in [0.25, 0.3) is 0 Å². The number of hydrogen-bond acceptors (Lipinski definition) is 2. The first-order chi connectivity index (χ1) is 12.7. The highest BCUT2D eigenvalue weighted by molar-refractivity contribution is 6.30. The lowest BCUT2D eigenvalue weighted by Crippen LogP contribution is -2.42. The Bertz CT molecular complexity index is 641. The lowest BCUT2D eigenvalue weighted by molar-refractivity contribution is 0.281. The average Bonchev–Trinajstić information content (AvgIpc) is 3.01. The van der Waals surface area contributed by atoms with Gasteiger partial charge in [0.2, 0.25) is 0 Å². The number of halogens is 1. The van der Waals surface area contributed by atoms with Crippen LogP contribution < -0.4 is 5.32 Å². The van der Waals surface area contributed by atoms with Gasteiger partial charge in [0.1, 0.15) is 0 Å². The Labute approximate surface area is 162 Å². The molecule has 3 unspecified atom stereocenters. The van der Waals surface area contributed by atoms with Gasteiger partial charge in [-0.25, -0.2) is 0 Å². The number of likely N-dealkylation sites (tertiary alicyclic amines) is 2. The Morgan fingerprint density at radius 3 is 2.88 bits per heavy atom. The Kier molecular flexibility index (Phi) is 5.70. The van der Waals surface area contributed by atoms with Crippen molar-refractivity contribution in [3.05, 3.63) is 34.9 Å². The van der Waals surface area contributed by atoms with Gasteiger partial charge >= 0.3 is 0 Å². The summed E-state index contributed by atoms with van der Waals surface area (Å²) in [6.45, 7) is 9.12. The van der Waals surface area contributed by atoms with Crippen LogP contribution in [0.5, 0.6) is 0 Å². The molecular weight excluding hydrogens is 344 g/mol. The summed E-state index contributed by atoms with van der Waals surface area (Å²) in [5, 5.41) is 4.57. The summed E-state index contributed by atoms with van der Waals surface area (Å²) in [5.41, 5.74) is 1.35. The highest BCUT2D eigenvalue weighted by atomic mass is 35.5. The van der Waals surface area contributed by atoms with Crippen molar-refractivity contribution in [3.8, 4) is 0 Å². The Balaban J connectivity index is 1.32. The molecule has 0 amide bonds. The van der Waals surface area contributed by atoms with Crippen molar-refractivity contribution in [3.63, 3.8) is 0 Å². The quantitative estimate of drug-likeness (QED) is 0.631. The lowest BCUT2D eigenvalue weighted by Gasteiger charge is -2.24. The van der Waals surface area contributed by atoms with E-state index in [4.69, 9.17) is 16.6 Å². The zero-order chi connectivity index (χ0) is 17.9. The molecule has 3 atom stereocenters. The molecule has 5 heteroatoms. The van der Waals surface area contributed by atoms with E-state index in [2.05, 4.69) is 40.2 Å². The molecule has 1 aliphatic carbocycles. The largest absolute Gasteiger partial charge is 0.353 e. The van der Waals surface area contributed by atoms with E-state index in [1.165, 1.54) is 50.9 Å². The third-order valence-electron chi connectivity index (χ3n) is 5.99. The lowest BCUT2D eigenvalue weighted by atomic mass is 10.1. The fraction of sp³-hybridized carbons (Fsp3) is 0.667. The van der Waals surface area contributed by atoms with Gasteiger partial charge in [0.25, 0.3) is 0 Å². The summed E-state index contributed by atoms with van der Waals surface area (Å²) in [6.07, 6.45) is 5.23. The van der Waals surface area contributed by atoms with E-state index in [1.807, 2.05) is 6.07 Å². The molecule has 4 nitrogen and oxygen atoms in total. The number of nitrogens with zero attached hydrogens (tertiary/aromatic N) is 3. The van der Waals surface area contributed by atoms with E-state index in [1.54, 1.807) is 0 Å². The van der Waals surface area contributed by atoms with Crippen LogP contribution in [0.3, 0.4) is 0 Å². The fourth-order valence-electron chi connectivity index (χ4n) is 4.52. The second kappa shape index (κ2) is 8.18. The highest BCUT2D eigenvalue weighted by Crippen LogP contribution is 2.41. The SMILES string of the molecule is CCN=C(NC1CC1c1cccc(Cl)c1)N1CCC(CN2CCCC2)C1. The number of nitrogens with one attached hydrogen (secondary N) is 1. The van der Waals surface area contributed by atoms with E-state index in [9.17, 15) is 0 Å². The molecule has 3 aliphatic rings. The molecule has 2 saturated heterocycles. The molecule has 2 heterocycles. The molecule has 0 radical (unpaired) electrons. The normalized spacial score (nSPS) is 29.4. The Morgan fingerprint density at radius 2 is 2.12 bits per heavy atom. The average molecular weight is 375 g/mol.